The molecule has 1 aromatic rings. The summed E-state index contributed by atoms with van der Waals surface area (Å²) in [5.41, 5.74) is 0.104. The third-order valence-corrected chi connectivity index (χ3v) is 7.27. The van der Waals surface area contributed by atoms with E-state index in [4.69, 9.17) is 25.4 Å². The monoisotopic (exact) mass is 675 g/mol. The highest BCUT2D eigenvalue weighted by atomic mass is 32.2. The minimum Gasteiger partial charge on any atom is -0.479 e. The number of carboxylic acids is 1. The van der Waals surface area contributed by atoms with Crippen LogP contribution in [-0.2, 0) is 45.0 Å². The van der Waals surface area contributed by atoms with Gasteiger partial charge in [-0.25, -0.2) is 18.0 Å². The molecule has 1 aliphatic rings. The molecule has 0 spiro atoms. The zero-order valence-corrected chi connectivity index (χ0v) is 25.8. The maximum atomic E-state index is 12.9. The summed E-state index contributed by atoms with van der Waals surface area (Å²) in [6.07, 6.45) is -4.75. The number of nitrogens with zero attached hydrogens (tertiary/aromatic N) is 2. The number of sulfone groups is 1. The summed E-state index contributed by atoms with van der Waals surface area (Å²) >= 11 is 0. The predicted octanol–water partition coefficient (Wildman–Crippen LogP) is -2.67. The molecule has 0 bridgehead atoms. The number of ether oxygens (including phenoxy) is 4. The number of hydrogen-bond acceptors (Lipinski definition) is 14. The van der Waals surface area contributed by atoms with Gasteiger partial charge >= 0.3 is 12.1 Å². The van der Waals surface area contributed by atoms with Gasteiger partial charge in [-0.2, -0.15) is 0 Å². The SMILES string of the molecule is C#CCOCCC(=O)N(C)CC(=O)Nc1cc(COC(=O)N(CO)CCS(C)(=O)=O)ccc1O[C@@H]1O[C@H](C(=O)O)[C@@H](O)[C@H](O)[C@H]1O. The molecule has 3 amide bonds. The van der Waals surface area contributed by atoms with Gasteiger partial charge in [0.1, 0.15) is 53.8 Å². The van der Waals surface area contributed by atoms with Crippen molar-refractivity contribution in [1.29, 1.82) is 0 Å². The summed E-state index contributed by atoms with van der Waals surface area (Å²) in [5.74, 6) is -1.23. The molecular formula is C27H37N3O15S. The molecule has 1 saturated heterocycles. The van der Waals surface area contributed by atoms with Gasteiger partial charge in [-0.1, -0.05) is 12.0 Å². The van der Waals surface area contributed by atoms with Crippen molar-refractivity contribution in [3.8, 4) is 18.1 Å². The first-order valence-corrected chi connectivity index (χ1v) is 15.6. The molecule has 5 atom stereocenters. The van der Waals surface area contributed by atoms with Gasteiger partial charge in [0.15, 0.2) is 6.10 Å². The molecule has 0 aliphatic carbocycles. The molecule has 1 fully saturated rings. The van der Waals surface area contributed by atoms with Crippen LogP contribution in [0.3, 0.4) is 0 Å². The van der Waals surface area contributed by atoms with Gasteiger partial charge in [-0.05, 0) is 17.7 Å². The number of likely N-dealkylation sites (N-methyl/N-ethyl adjacent to an activating group) is 1. The molecule has 256 valence electrons. The number of nitrogens with one attached hydrogen (secondary N) is 1. The third kappa shape index (κ3) is 11.7. The molecule has 1 aromatic carbocycles. The number of carboxylic acid groups (broad SMARTS) is 1. The number of carbonyl (C=O) groups is 4. The van der Waals surface area contributed by atoms with Gasteiger partial charge in [0.2, 0.25) is 18.1 Å². The Bertz CT molecular complexity index is 1380. The fourth-order valence-electron chi connectivity index (χ4n) is 3.85. The lowest BCUT2D eigenvalue weighted by Gasteiger charge is -2.38. The van der Waals surface area contributed by atoms with Gasteiger partial charge < -0.3 is 54.7 Å². The molecule has 0 aromatic heterocycles. The Morgan fingerprint density at radius 1 is 1.13 bits per heavy atom. The standard InChI is InChI=1S/C27H37N3O15S/c1-4-9-42-10-7-20(33)29(2)13-19(32)28-17-12-16(14-43-27(39)30(15-31)8-11-46(3,40)41)5-6-18(17)44-26-23(36)21(34)22(35)24(45-26)25(37)38/h1,5-6,12,21-24,26,31,34-36H,7-11,13-15H2,2-3H3,(H,28,32)(H,37,38)/t21-,22-,23+,24-,26+/m0/s1. The lowest BCUT2D eigenvalue weighted by atomic mass is 9.99. The van der Waals surface area contributed by atoms with Crippen molar-refractivity contribution < 1.29 is 72.1 Å². The average Bonchev–Trinajstić information content (AvgIpc) is 2.98. The second-order valence-electron chi connectivity index (χ2n) is 10.1. The van der Waals surface area contributed by atoms with Gasteiger partial charge in [0.25, 0.3) is 0 Å². The number of terminal acetylenes is 1. The number of rotatable bonds is 16. The first kappa shape index (κ1) is 38.2. The van der Waals surface area contributed by atoms with Crippen molar-refractivity contribution in [3.05, 3.63) is 23.8 Å². The van der Waals surface area contributed by atoms with Crippen LogP contribution in [0, 0.1) is 12.3 Å². The van der Waals surface area contributed by atoms with Crippen molar-refractivity contribution in [2.45, 2.75) is 43.7 Å². The van der Waals surface area contributed by atoms with Crippen LogP contribution in [0.25, 0.3) is 0 Å². The molecule has 19 heteroatoms. The third-order valence-electron chi connectivity index (χ3n) is 6.35. The zero-order chi connectivity index (χ0) is 34.6. The van der Waals surface area contributed by atoms with Crippen molar-refractivity contribution in [2.75, 3.05) is 57.4 Å². The Kier molecular flexibility index (Phi) is 14.6. The van der Waals surface area contributed by atoms with E-state index in [9.17, 15) is 53.1 Å². The Morgan fingerprint density at radius 2 is 1.83 bits per heavy atom. The van der Waals surface area contributed by atoms with E-state index in [1.807, 2.05) is 0 Å². The minimum atomic E-state index is -3.45. The Labute approximate surface area is 264 Å². The fourth-order valence-corrected chi connectivity index (χ4v) is 4.40. The number of amides is 3. The van der Waals surface area contributed by atoms with E-state index in [1.165, 1.54) is 25.2 Å². The van der Waals surface area contributed by atoms with Crippen molar-refractivity contribution >= 4 is 39.4 Å². The van der Waals surface area contributed by atoms with Crippen LogP contribution in [-0.4, -0.2) is 150 Å². The largest absolute Gasteiger partial charge is 0.479 e. The average molecular weight is 676 g/mol. The molecule has 0 saturated carbocycles. The first-order valence-electron chi connectivity index (χ1n) is 13.5. The van der Waals surface area contributed by atoms with E-state index in [0.717, 1.165) is 16.1 Å². The van der Waals surface area contributed by atoms with E-state index in [1.54, 1.807) is 0 Å². The molecular weight excluding hydrogens is 638 g/mol. The summed E-state index contributed by atoms with van der Waals surface area (Å²) < 4.78 is 43.8. The van der Waals surface area contributed by atoms with E-state index < -0.39 is 90.1 Å². The normalized spacial score (nSPS) is 21.0. The number of aliphatic hydroxyl groups excluding tert-OH is 4. The summed E-state index contributed by atoms with van der Waals surface area (Å²) in [4.78, 5) is 50.9. The number of aliphatic hydroxyl groups is 4. The quantitative estimate of drug-likeness (QED) is 0.0593. The van der Waals surface area contributed by atoms with E-state index in [-0.39, 0.29) is 43.2 Å². The molecule has 1 heterocycles. The van der Waals surface area contributed by atoms with Gasteiger partial charge in [0.05, 0.1) is 31.0 Å². The van der Waals surface area contributed by atoms with Gasteiger partial charge in [0, 0.05) is 19.8 Å². The topological polar surface area (TPSA) is 259 Å². The van der Waals surface area contributed by atoms with Crippen molar-refractivity contribution in [2.24, 2.45) is 0 Å². The maximum absolute atomic E-state index is 12.9. The number of hydrogen-bond donors (Lipinski definition) is 6. The predicted molar refractivity (Wildman–Crippen MR) is 156 cm³/mol. The molecule has 18 nitrogen and oxygen atoms in total. The van der Waals surface area contributed by atoms with Crippen LogP contribution >= 0.6 is 0 Å². The number of carbonyl (C=O) groups excluding carboxylic acids is 3. The molecule has 0 unspecified atom stereocenters. The molecule has 2 rings (SSSR count). The van der Waals surface area contributed by atoms with Gasteiger partial charge in [-0.15, -0.1) is 6.42 Å². The van der Waals surface area contributed by atoms with Crippen LogP contribution in [0.1, 0.15) is 12.0 Å². The van der Waals surface area contributed by atoms with Crippen LogP contribution in [0.2, 0.25) is 0 Å². The Balaban J connectivity index is 2.25. The van der Waals surface area contributed by atoms with E-state index >= 15 is 0 Å². The van der Waals surface area contributed by atoms with Crippen LogP contribution < -0.4 is 10.1 Å². The minimum absolute atomic E-state index is 0.00714. The second kappa shape index (κ2) is 17.6. The molecule has 1 aliphatic heterocycles. The second-order valence-corrected chi connectivity index (χ2v) is 12.3. The summed E-state index contributed by atoms with van der Waals surface area (Å²) in [5, 5.41) is 51.7. The summed E-state index contributed by atoms with van der Waals surface area (Å²) in [7, 11) is -2.09. The van der Waals surface area contributed by atoms with Crippen LogP contribution in [0.4, 0.5) is 10.5 Å². The number of anilines is 1. The highest BCUT2D eigenvalue weighted by molar-refractivity contribution is 7.90. The number of benzene rings is 1. The molecule has 46 heavy (non-hydrogen) atoms. The molecule has 6 N–H and O–H groups in total. The first-order chi connectivity index (χ1) is 21.6. The highest BCUT2D eigenvalue weighted by Crippen LogP contribution is 2.31. The van der Waals surface area contributed by atoms with Crippen LogP contribution in [0.15, 0.2) is 18.2 Å². The fraction of sp³-hybridized carbons (Fsp3) is 0.556. The lowest BCUT2D eigenvalue weighted by Crippen LogP contribution is -2.61. The zero-order valence-electron chi connectivity index (χ0n) is 25.0. The van der Waals surface area contributed by atoms with E-state index in [0.29, 0.717) is 0 Å². The summed E-state index contributed by atoms with van der Waals surface area (Å²) in [6, 6.07) is 3.84. The van der Waals surface area contributed by atoms with Crippen molar-refractivity contribution in [3.63, 3.8) is 0 Å². The maximum Gasteiger partial charge on any atom is 0.411 e. The summed E-state index contributed by atoms with van der Waals surface area (Å²) in [6.45, 7) is -2.03. The van der Waals surface area contributed by atoms with Crippen molar-refractivity contribution in [1.82, 2.24) is 9.80 Å². The lowest BCUT2D eigenvalue weighted by molar-refractivity contribution is -0.271. The number of aliphatic carboxylic acids is 1. The highest BCUT2D eigenvalue weighted by Gasteiger charge is 2.48. The van der Waals surface area contributed by atoms with E-state index in [2.05, 4.69) is 11.2 Å². The molecule has 0 radical (unpaired) electrons. The Hall–Kier alpha value is -4.03. The van der Waals surface area contributed by atoms with Gasteiger partial charge in [-0.3, -0.25) is 14.5 Å². The van der Waals surface area contributed by atoms with Crippen LogP contribution in [0.5, 0.6) is 5.75 Å². The smallest absolute Gasteiger partial charge is 0.411 e. The Morgan fingerprint density at radius 3 is 2.43 bits per heavy atom.